The molecule has 0 bridgehead atoms. The molecule has 1 fully saturated rings. The Hall–Kier alpha value is -3.09. The third-order valence-electron chi connectivity index (χ3n) is 5.27. The number of nitrogens with one attached hydrogen (secondary N) is 3. The lowest BCUT2D eigenvalue weighted by Gasteiger charge is -2.13. The molecule has 1 aliphatic rings. The number of hydrogen-bond acceptors (Lipinski definition) is 4. The van der Waals surface area contributed by atoms with Gasteiger partial charge in [0.1, 0.15) is 6.10 Å². The number of amides is 1. The van der Waals surface area contributed by atoms with Gasteiger partial charge >= 0.3 is 0 Å². The maximum atomic E-state index is 11.8. The zero-order valence-electron chi connectivity index (χ0n) is 18.5. The Morgan fingerprint density at radius 3 is 2.71 bits per heavy atom. The molecule has 0 aliphatic heterocycles. The van der Waals surface area contributed by atoms with E-state index in [0.717, 1.165) is 49.4 Å². The zero-order chi connectivity index (χ0) is 21.9. The minimum absolute atomic E-state index is 0.0713. The smallest absolute Gasteiger partial charge is 0.251 e. The van der Waals surface area contributed by atoms with Crippen LogP contribution in [-0.2, 0) is 13.0 Å². The van der Waals surface area contributed by atoms with Crippen molar-refractivity contribution in [2.24, 2.45) is 4.99 Å². The van der Waals surface area contributed by atoms with Crippen molar-refractivity contribution in [1.82, 2.24) is 20.9 Å². The molecule has 2 aromatic rings. The largest absolute Gasteiger partial charge is 0.474 e. The molecule has 1 aromatic carbocycles. The van der Waals surface area contributed by atoms with E-state index in [-0.39, 0.29) is 5.91 Å². The minimum atomic E-state index is -0.0713. The van der Waals surface area contributed by atoms with Crippen LogP contribution in [0.25, 0.3) is 0 Å². The topological polar surface area (TPSA) is 87.6 Å². The SMILES string of the molecule is CCNC(=NCc1ccc(OC2CCCC2)nc1)NCCc1cccc(C(=O)NC)c1. The van der Waals surface area contributed by atoms with E-state index in [1.165, 1.54) is 12.8 Å². The van der Waals surface area contributed by atoms with Crippen LogP contribution in [0, 0.1) is 0 Å². The van der Waals surface area contributed by atoms with Crippen LogP contribution in [0.4, 0.5) is 0 Å². The second-order valence-corrected chi connectivity index (χ2v) is 7.68. The van der Waals surface area contributed by atoms with E-state index >= 15 is 0 Å². The Bertz CT molecular complexity index is 861. The molecule has 1 saturated carbocycles. The maximum absolute atomic E-state index is 11.8. The van der Waals surface area contributed by atoms with Gasteiger partial charge in [-0.2, -0.15) is 0 Å². The lowest BCUT2D eigenvalue weighted by Crippen LogP contribution is -2.38. The van der Waals surface area contributed by atoms with Crippen LogP contribution >= 0.6 is 0 Å². The van der Waals surface area contributed by atoms with Crippen LogP contribution in [0.15, 0.2) is 47.6 Å². The highest BCUT2D eigenvalue weighted by molar-refractivity contribution is 5.94. The van der Waals surface area contributed by atoms with Gasteiger partial charge in [-0.15, -0.1) is 0 Å². The van der Waals surface area contributed by atoms with Crippen LogP contribution in [0.3, 0.4) is 0 Å². The van der Waals surface area contributed by atoms with Gasteiger partial charge in [-0.05, 0) is 62.3 Å². The molecule has 1 aliphatic carbocycles. The number of carbonyl (C=O) groups is 1. The van der Waals surface area contributed by atoms with E-state index < -0.39 is 0 Å². The highest BCUT2D eigenvalue weighted by Crippen LogP contribution is 2.22. The second kappa shape index (κ2) is 11.9. The summed E-state index contributed by atoms with van der Waals surface area (Å²) in [5.41, 5.74) is 2.81. The summed E-state index contributed by atoms with van der Waals surface area (Å²) in [6, 6.07) is 11.6. The zero-order valence-corrected chi connectivity index (χ0v) is 18.5. The average molecular weight is 424 g/mol. The van der Waals surface area contributed by atoms with Crippen LogP contribution < -0.4 is 20.7 Å². The van der Waals surface area contributed by atoms with Crippen molar-refractivity contribution in [1.29, 1.82) is 0 Å². The Morgan fingerprint density at radius 1 is 1.16 bits per heavy atom. The van der Waals surface area contributed by atoms with Gasteiger partial charge < -0.3 is 20.7 Å². The van der Waals surface area contributed by atoms with Crippen LogP contribution in [-0.4, -0.2) is 43.1 Å². The molecule has 3 N–H and O–H groups in total. The fourth-order valence-corrected chi connectivity index (χ4v) is 3.60. The standard InChI is InChI=1S/C24H33N5O2/c1-3-26-24(27-14-13-18-7-6-8-20(15-18)23(30)25-2)29-17-19-11-12-22(28-16-19)31-21-9-4-5-10-21/h6-8,11-12,15-16,21H,3-5,9-10,13-14,17H2,1-2H3,(H,25,30)(H2,26,27,29). The second-order valence-electron chi connectivity index (χ2n) is 7.68. The van der Waals surface area contributed by atoms with E-state index in [9.17, 15) is 4.79 Å². The summed E-state index contributed by atoms with van der Waals surface area (Å²) >= 11 is 0. The molecule has 1 heterocycles. The Balaban J connectivity index is 1.50. The number of hydrogen-bond donors (Lipinski definition) is 3. The molecule has 7 nitrogen and oxygen atoms in total. The lowest BCUT2D eigenvalue weighted by molar-refractivity contribution is 0.0963. The summed E-state index contributed by atoms with van der Waals surface area (Å²) in [7, 11) is 1.64. The molecule has 1 amide bonds. The van der Waals surface area contributed by atoms with E-state index in [4.69, 9.17) is 4.74 Å². The van der Waals surface area contributed by atoms with Crippen molar-refractivity contribution in [2.75, 3.05) is 20.1 Å². The number of nitrogens with zero attached hydrogens (tertiary/aromatic N) is 2. The molecule has 0 radical (unpaired) electrons. The number of ether oxygens (including phenoxy) is 1. The Morgan fingerprint density at radius 2 is 2.00 bits per heavy atom. The third kappa shape index (κ3) is 7.27. The summed E-state index contributed by atoms with van der Waals surface area (Å²) in [5.74, 6) is 1.39. The highest BCUT2D eigenvalue weighted by atomic mass is 16.5. The van der Waals surface area contributed by atoms with Crippen molar-refractivity contribution in [3.63, 3.8) is 0 Å². The van der Waals surface area contributed by atoms with Gasteiger partial charge in [-0.1, -0.05) is 18.2 Å². The number of aliphatic imine (C=N–C) groups is 1. The third-order valence-corrected chi connectivity index (χ3v) is 5.27. The van der Waals surface area contributed by atoms with Gasteiger partial charge in [0, 0.05) is 38.0 Å². The van der Waals surface area contributed by atoms with Crippen molar-refractivity contribution >= 4 is 11.9 Å². The molecule has 0 spiro atoms. The summed E-state index contributed by atoms with van der Waals surface area (Å²) in [5, 5.41) is 9.28. The fourth-order valence-electron chi connectivity index (χ4n) is 3.60. The Labute approximate surface area is 184 Å². The van der Waals surface area contributed by atoms with E-state index in [1.54, 1.807) is 7.05 Å². The van der Waals surface area contributed by atoms with Gasteiger partial charge in [0.15, 0.2) is 5.96 Å². The van der Waals surface area contributed by atoms with Crippen LogP contribution in [0.1, 0.15) is 54.1 Å². The molecule has 31 heavy (non-hydrogen) atoms. The monoisotopic (exact) mass is 423 g/mol. The molecular weight excluding hydrogens is 390 g/mol. The fraction of sp³-hybridized carbons (Fsp3) is 0.458. The molecule has 0 saturated heterocycles. The maximum Gasteiger partial charge on any atom is 0.251 e. The molecule has 166 valence electrons. The first-order valence-electron chi connectivity index (χ1n) is 11.1. The van der Waals surface area contributed by atoms with Gasteiger partial charge in [-0.25, -0.2) is 9.98 Å². The predicted molar refractivity (Wildman–Crippen MR) is 123 cm³/mol. The summed E-state index contributed by atoms with van der Waals surface area (Å²) < 4.78 is 5.92. The molecule has 0 atom stereocenters. The predicted octanol–water partition coefficient (Wildman–Crippen LogP) is 3.06. The van der Waals surface area contributed by atoms with Crippen molar-refractivity contribution in [3.05, 3.63) is 59.3 Å². The molecule has 1 aromatic heterocycles. The lowest BCUT2D eigenvalue weighted by atomic mass is 10.1. The number of rotatable bonds is 9. The minimum Gasteiger partial charge on any atom is -0.474 e. The number of pyridine rings is 1. The van der Waals surface area contributed by atoms with Crippen molar-refractivity contribution < 1.29 is 9.53 Å². The summed E-state index contributed by atoms with van der Waals surface area (Å²) in [6.07, 6.45) is 7.70. The number of aromatic nitrogens is 1. The van der Waals surface area contributed by atoms with Gasteiger partial charge in [0.05, 0.1) is 6.54 Å². The highest BCUT2D eigenvalue weighted by Gasteiger charge is 2.16. The quantitative estimate of drug-likeness (QED) is 0.426. The Kier molecular flexibility index (Phi) is 8.70. The molecule has 3 rings (SSSR count). The average Bonchev–Trinajstić information content (AvgIpc) is 3.31. The summed E-state index contributed by atoms with van der Waals surface area (Å²) in [4.78, 5) is 20.9. The molecular formula is C24H33N5O2. The number of carbonyl (C=O) groups excluding carboxylic acids is 1. The number of benzene rings is 1. The summed E-state index contributed by atoms with van der Waals surface area (Å²) in [6.45, 7) is 4.08. The first-order valence-corrected chi connectivity index (χ1v) is 11.1. The number of guanidine groups is 1. The molecule has 0 unspecified atom stereocenters. The van der Waals surface area contributed by atoms with Crippen LogP contribution in [0.2, 0.25) is 0 Å². The van der Waals surface area contributed by atoms with E-state index in [2.05, 4.69) is 25.9 Å². The van der Waals surface area contributed by atoms with Crippen LogP contribution in [0.5, 0.6) is 5.88 Å². The van der Waals surface area contributed by atoms with Gasteiger partial charge in [0.25, 0.3) is 5.91 Å². The normalized spacial score (nSPS) is 14.3. The van der Waals surface area contributed by atoms with Gasteiger partial charge in [-0.3, -0.25) is 4.79 Å². The van der Waals surface area contributed by atoms with Gasteiger partial charge in [0.2, 0.25) is 5.88 Å². The first kappa shape index (κ1) is 22.6. The van der Waals surface area contributed by atoms with E-state index in [0.29, 0.717) is 24.1 Å². The van der Waals surface area contributed by atoms with Crippen molar-refractivity contribution in [3.8, 4) is 5.88 Å². The molecule has 7 heteroatoms. The van der Waals surface area contributed by atoms with E-state index in [1.807, 2.05) is 49.5 Å². The van der Waals surface area contributed by atoms with Crippen molar-refractivity contribution in [2.45, 2.75) is 51.7 Å². The first-order chi connectivity index (χ1) is 15.2.